The van der Waals surface area contributed by atoms with Crippen LogP contribution in [-0.2, 0) is 17.9 Å². The largest absolute Gasteiger partial charge is 0.348 e. The van der Waals surface area contributed by atoms with Crippen LogP contribution in [0.1, 0.15) is 24.1 Å². The van der Waals surface area contributed by atoms with Crippen LogP contribution in [-0.4, -0.2) is 20.3 Å². The van der Waals surface area contributed by atoms with Gasteiger partial charge in [0.25, 0.3) is 5.56 Å². The molecule has 1 amide bonds. The van der Waals surface area contributed by atoms with Gasteiger partial charge in [-0.3, -0.25) is 9.59 Å². The van der Waals surface area contributed by atoms with Crippen molar-refractivity contribution in [2.75, 3.05) is 0 Å². The Hall–Kier alpha value is -3.90. The van der Waals surface area contributed by atoms with E-state index in [2.05, 4.69) is 10.4 Å². The van der Waals surface area contributed by atoms with Crippen molar-refractivity contribution in [2.24, 2.45) is 0 Å². The summed E-state index contributed by atoms with van der Waals surface area (Å²) in [6.07, 6.45) is 1.67. The van der Waals surface area contributed by atoms with Crippen molar-refractivity contribution in [2.45, 2.75) is 26.1 Å². The van der Waals surface area contributed by atoms with E-state index in [9.17, 15) is 9.59 Å². The lowest BCUT2D eigenvalue weighted by atomic mass is 10.1. The third-order valence-corrected chi connectivity index (χ3v) is 6.25. The lowest BCUT2D eigenvalue weighted by molar-refractivity contribution is -0.122. The number of hydrogen-bond acceptors (Lipinski definition) is 3. The third-order valence-electron chi connectivity index (χ3n) is 6.00. The van der Waals surface area contributed by atoms with Gasteiger partial charge in [-0.1, -0.05) is 72.3 Å². The number of carbonyl (C=O) groups is 1. The SMILES string of the molecule is C[C@@H](NC(=O)Cn1ncc2c3ccccc3n(Cc3ccc(Cl)cc3)c2c1=O)c1ccccc1. The zero-order chi connectivity index (χ0) is 23.7. The first-order chi connectivity index (χ1) is 16.5. The molecule has 0 aliphatic carbocycles. The second-order valence-corrected chi connectivity index (χ2v) is 8.74. The first kappa shape index (κ1) is 21.9. The van der Waals surface area contributed by atoms with E-state index in [0.717, 1.165) is 27.4 Å². The highest BCUT2D eigenvalue weighted by molar-refractivity contribution is 6.30. The minimum atomic E-state index is -0.301. The summed E-state index contributed by atoms with van der Waals surface area (Å²) in [7, 11) is 0. The van der Waals surface area contributed by atoms with Crippen LogP contribution in [0.3, 0.4) is 0 Å². The standard InChI is InChI=1S/C27H23ClN4O2/c1-18(20-7-3-2-4-8-20)30-25(33)17-32-27(34)26-23(15-29-32)22-9-5-6-10-24(22)31(26)16-19-11-13-21(28)14-12-19/h2-15,18H,16-17H2,1H3,(H,30,33)/t18-/m1/s1. The summed E-state index contributed by atoms with van der Waals surface area (Å²) in [5.41, 5.74) is 3.17. The molecule has 1 N–H and O–H groups in total. The van der Waals surface area contributed by atoms with Crippen molar-refractivity contribution in [1.29, 1.82) is 0 Å². The van der Waals surface area contributed by atoms with Gasteiger partial charge in [-0.05, 0) is 36.2 Å². The molecule has 6 nitrogen and oxygen atoms in total. The smallest absolute Gasteiger partial charge is 0.291 e. The lowest BCUT2D eigenvalue weighted by Gasteiger charge is -2.14. The number of nitrogens with zero attached hydrogens (tertiary/aromatic N) is 3. The summed E-state index contributed by atoms with van der Waals surface area (Å²) in [6.45, 7) is 2.25. The van der Waals surface area contributed by atoms with Gasteiger partial charge in [-0.2, -0.15) is 5.10 Å². The fraction of sp³-hybridized carbons (Fsp3) is 0.148. The van der Waals surface area contributed by atoms with E-state index in [1.165, 1.54) is 4.68 Å². The monoisotopic (exact) mass is 470 g/mol. The lowest BCUT2D eigenvalue weighted by Crippen LogP contribution is -2.35. The molecule has 5 rings (SSSR count). The zero-order valence-corrected chi connectivity index (χ0v) is 19.4. The number of rotatable bonds is 6. The van der Waals surface area contributed by atoms with Gasteiger partial charge in [0, 0.05) is 27.9 Å². The topological polar surface area (TPSA) is 68.9 Å². The van der Waals surface area contributed by atoms with Crippen molar-refractivity contribution < 1.29 is 4.79 Å². The van der Waals surface area contributed by atoms with Gasteiger partial charge >= 0.3 is 0 Å². The van der Waals surface area contributed by atoms with E-state index in [0.29, 0.717) is 17.1 Å². The summed E-state index contributed by atoms with van der Waals surface area (Å²) in [5, 5.41) is 9.65. The number of amides is 1. The number of fused-ring (bicyclic) bond motifs is 3. The zero-order valence-electron chi connectivity index (χ0n) is 18.6. The van der Waals surface area contributed by atoms with Crippen LogP contribution in [0.5, 0.6) is 0 Å². The highest BCUT2D eigenvalue weighted by Crippen LogP contribution is 2.27. The minimum Gasteiger partial charge on any atom is -0.348 e. The van der Waals surface area contributed by atoms with Crippen molar-refractivity contribution in [1.82, 2.24) is 19.7 Å². The number of benzene rings is 3. The molecular formula is C27H23ClN4O2. The summed E-state index contributed by atoms with van der Waals surface area (Å²) in [6, 6.07) is 24.9. The molecule has 34 heavy (non-hydrogen) atoms. The van der Waals surface area contributed by atoms with Crippen molar-refractivity contribution in [3.05, 3.63) is 112 Å². The van der Waals surface area contributed by atoms with Gasteiger partial charge in [-0.15, -0.1) is 0 Å². The van der Waals surface area contributed by atoms with Crippen LogP contribution in [0.4, 0.5) is 0 Å². The molecule has 0 saturated carbocycles. The Morgan fingerprint density at radius 2 is 1.68 bits per heavy atom. The number of nitrogens with one attached hydrogen (secondary N) is 1. The highest BCUT2D eigenvalue weighted by atomic mass is 35.5. The van der Waals surface area contributed by atoms with Crippen LogP contribution in [0, 0.1) is 0 Å². The average Bonchev–Trinajstić information content (AvgIpc) is 3.17. The predicted molar refractivity (Wildman–Crippen MR) is 135 cm³/mol. The molecule has 0 radical (unpaired) electrons. The molecule has 2 heterocycles. The van der Waals surface area contributed by atoms with E-state index >= 15 is 0 Å². The normalized spacial score (nSPS) is 12.2. The summed E-state index contributed by atoms with van der Waals surface area (Å²) < 4.78 is 3.21. The Morgan fingerprint density at radius 1 is 0.971 bits per heavy atom. The maximum Gasteiger partial charge on any atom is 0.291 e. The highest BCUT2D eigenvalue weighted by Gasteiger charge is 2.18. The molecule has 3 aromatic carbocycles. The summed E-state index contributed by atoms with van der Waals surface area (Å²) >= 11 is 6.05. The van der Waals surface area contributed by atoms with E-state index < -0.39 is 0 Å². The minimum absolute atomic E-state index is 0.158. The number of carbonyl (C=O) groups excluding carboxylic acids is 1. The van der Waals surface area contributed by atoms with Gasteiger partial charge in [0.1, 0.15) is 12.1 Å². The maximum atomic E-state index is 13.5. The molecule has 0 aliphatic heterocycles. The van der Waals surface area contributed by atoms with E-state index in [-0.39, 0.29) is 24.1 Å². The second-order valence-electron chi connectivity index (χ2n) is 8.30. The van der Waals surface area contributed by atoms with Gasteiger partial charge < -0.3 is 9.88 Å². The molecule has 0 unspecified atom stereocenters. The molecule has 0 fully saturated rings. The number of para-hydroxylation sites is 1. The van der Waals surface area contributed by atoms with E-state index in [4.69, 9.17) is 11.6 Å². The fourth-order valence-electron chi connectivity index (χ4n) is 4.29. The van der Waals surface area contributed by atoms with Crippen LogP contribution in [0.2, 0.25) is 5.02 Å². The molecule has 0 aliphatic rings. The van der Waals surface area contributed by atoms with Crippen LogP contribution in [0.15, 0.2) is 89.9 Å². The van der Waals surface area contributed by atoms with E-state index in [1.807, 2.05) is 90.4 Å². The molecule has 0 spiro atoms. The molecular weight excluding hydrogens is 448 g/mol. The first-order valence-electron chi connectivity index (χ1n) is 11.1. The number of hydrogen-bond donors (Lipinski definition) is 1. The van der Waals surface area contributed by atoms with E-state index in [1.54, 1.807) is 6.20 Å². The van der Waals surface area contributed by atoms with Crippen molar-refractivity contribution in [3.8, 4) is 0 Å². The first-order valence-corrected chi connectivity index (χ1v) is 11.4. The molecule has 2 aromatic heterocycles. The number of halogens is 1. The Morgan fingerprint density at radius 3 is 2.44 bits per heavy atom. The van der Waals surface area contributed by atoms with Gasteiger partial charge in [0.15, 0.2) is 0 Å². The Kier molecular flexibility index (Phi) is 5.90. The molecule has 5 aromatic rings. The van der Waals surface area contributed by atoms with Crippen molar-refractivity contribution in [3.63, 3.8) is 0 Å². The number of aromatic nitrogens is 3. The molecule has 0 saturated heterocycles. The maximum absolute atomic E-state index is 13.5. The van der Waals surface area contributed by atoms with Crippen LogP contribution >= 0.6 is 11.6 Å². The molecule has 0 bridgehead atoms. The van der Waals surface area contributed by atoms with Gasteiger partial charge in [0.05, 0.1) is 12.2 Å². The third kappa shape index (κ3) is 4.20. The fourth-order valence-corrected chi connectivity index (χ4v) is 4.42. The van der Waals surface area contributed by atoms with Crippen LogP contribution < -0.4 is 10.9 Å². The average molecular weight is 471 g/mol. The van der Waals surface area contributed by atoms with Gasteiger partial charge in [-0.25, -0.2) is 4.68 Å². The molecule has 1 atom stereocenters. The molecule has 7 heteroatoms. The Balaban J connectivity index is 1.51. The summed E-state index contributed by atoms with van der Waals surface area (Å²) in [5.74, 6) is -0.273. The summed E-state index contributed by atoms with van der Waals surface area (Å²) in [4.78, 5) is 26.3. The van der Waals surface area contributed by atoms with Crippen molar-refractivity contribution >= 4 is 39.3 Å². The Bertz CT molecular complexity index is 1540. The second kappa shape index (κ2) is 9.15. The Labute approximate surface area is 201 Å². The quantitative estimate of drug-likeness (QED) is 0.382. The molecule has 170 valence electrons. The predicted octanol–water partition coefficient (Wildman–Crippen LogP) is 4.93. The van der Waals surface area contributed by atoms with Crippen LogP contribution in [0.25, 0.3) is 21.8 Å². The van der Waals surface area contributed by atoms with Gasteiger partial charge in [0.2, 0.25) is 5.91 Å².